The first-order valence-electron chi connectivity index (χ1n) is 9.37. The van der Waals surface area contributed by atoms with Crippen LogP contribution < -0.4 is 0 Å². The first kappa shape index (κ1) is 20.0. The van der Waals surface area contributed by atoms with Crippen LogP contribution >= 0.6 is 23.2 Å². The zero-order valence-corrected chi connectivity index (χ0v) is 17.0. The Hall–Kier alpha value is -2.34. The summed E-state index contributed by atoms with van der Waals surface area (Å²) in [5.74, 6) is -1.58. The van der Waals surface area contributed by atoms with Crippen LogP contribution in [0.1, 0.15) is 30.0 Å². The standard InChI is InChI=1S/C22H19Cl2NO4/c23-15-7-3-13(4-8-15)19-18(20(26)14-5-9-16(24)10-6-14)21(27)22(28)25(19)12-17-2-1-11-29-17/h3-10,17,19,26H,1-2,11-12H2/t17-,19+/m0/s1. The second kappa shape index (κ2) is 8.19. The Morgan fingerprint density at radius 2 is 1.66 bits per heavy atom. The number of Topliss-reactive ketones (excluding diaryl/α,β-unsaturated/α-hetero) is 1. The first-order chi connectivity index (χ1) is 14.0. The van der Waals surface area contributed by atoms with Crippen LogP contribution in [0.2, 0.25) is 10.0 Å². The third-order valence-corrected chi connectivity index (χ3v) is 5.77. The maximum atomic E-state index is 12.9. The van der Waals surface area contributed by atoms with Crippen molar-refractivity contribution in [3.8, 4) is 0 Å². The molecule has 0 saturated carbocycles. The quantitative estimate of drug-likeness (QED) is 0.436. The Labute approximate surface area is 178 Å². The Kier molecular flexibility index (Phi) is 5.63. The molecule has 2 aromatic carbocycles. The van der Waals surface area contributed by atoms with Gasteiger partial charge in [-0.1, -0.05) is 35.3 Å². The monoisotopic (exact) mass is 431 g/mol. The SMILES string of the molecule is O=C1C(=O)N(C[C@@H]2CCCO2)[C@H](c2ccc(Cl)cc2)C1=C(O)c1ccc(Cl)cc1. The number of aliphatic hydroxyl groups excluding tert-OH is 1. The van der Waals surface area contributed by atoms with Crippen molar-refractivity contribution in [1.82, 2.24) is 4.90 Å². The summed E-state index contributed by atoms with van der Waals surface area (Å²) in [5.41, 5.74) is 1.17. The average molecular weight is 432 g/mol. The van der Waals surface area contributed by atoms with Crippen LogP contribution in [-0.2, 0) is 14.3 Å². The number of carbonyl (C=O) groups excluding carboxylic acids is 2. The van der Waals surface area contributed by atoms with Crippen molar-refractivity contribution in [2.75, 3.05) is 13.2 Å². The smallest absolute Gasteiger partial charge is 0.295 e. The van der Waals surface area contributed by atoms with Crippen LogP contribution in [0.4, 0.5) is 0 Å². The number of aliphatic hydroxyl groups is 1. The molecule has 0 bridgehead atoms. The van der Waals surface area contributed by atoms with Crippen molar-refractivity contribution in [3.05, 3.63) is 75.3 Å². The Morgan fingerprint density at radius 3 is 2.24 bits per heavy atom. The second-order valence-electron chi connectivity index (χ2n) is 7.14. The predicted octanol–water partition coefficient (Wildman–Crippen LogP) is 4.59. The minimum atomic E-state index is -0.716. The highest BCUT2D eigenvalue weighted by atomic mass is 35.5. The lowest BCUT2D eigenvalue weighted by Gasteiger charge is -2.27. The molecule has 0 radical (unpaired) electrons. The highest BCUT2D eigenvalue weighted by molar-refractivity contribution is 6.46. The first-order valence-corrected chi connectivity index (χ1v) is 10.1. The fourth-order valence-electron chi connectivity index (χ4n) is 3.83. The highest BCUT2D eigenvalue weighted by Crippen LogP contribution is 2.40. The largest absolute Gasteiger partial charge is 0.507 e. The predicted molar refractivity (Wildman–Crippen MR) is 111 cm³/mol. The number of benzene rings is 2. The summed E-state index contributed by atoms with van der Waals surface area (Å²) < 4.78 is 5.68. The molecule has 5 nitrogen and oxygen atoms in total. The lowest BCUT2D eigenvalue weighted by molar-refractivity contribution is -0.140. The maximum absolute atomic E-state index is 12.9. The van der Waals surface area contributed by atoms with Crippen LogP contribution in [0.5, 0.6) is 0 Å². The topological polar surface area (TPSA) is 66.8 Å². The van der Waals surface area contributed by atoms with Crippen molar-refractivity contribution in [3.63, 3.8) is 0 Å². The van der Waals surface area contributed by atoms with Gasteiger partial charge in [0.25, 0.3) is 11.7 Å². The molecule has 2 atom stereocenters. The molecule has 2 aromatic rings. The molecule has 0 spiro atoms. The number of carbonyl (C=O) groups is 2. The van der Waals surface area contributed by atoms with Gasteiger partial charge in [0.1, 0.15) is 5.76 Å². The van der Waals surface area contributed by atoms with E-state index in [4.69, 9.17) is 27.9 Å². The van der Waals surface area contributed by atoms with Gasteiger partial charge in [0, 0.05) is 28.8 Å². The van der Waals surface area contributed by atoms with E-state index < -0.39 is 17.7 Å². The van der Waals surface area contributed by atoms with E-state index in [0.717, 1.165) is 12.8 Å². The lowest BCUT2D eigenvalue weighted by Crippen LogP contribution is -2.36. The molecule has 0 aromatic heterocycles. The molecule has 2 saturated heterocycles. The minimum absolute atomic E-state index is 0.0534. The Morgan fingerprint density at radius 1 is 1.03 bits per heavy atom. The molecule has 2 fully saturated rings. The summed E-state index contributed by atoms with van der Waals surface area (Å²) in [7, 11) is 0. The summed E-state index contributed by atoms with van der Waals surface area (Å²) in [6.45, 7) is 0.931. The zero-order valence-electron chi connectivity index (χ0n) is 15.5. The van der Waals surface area contributed by atoms with Gasteiger partial charge in [0.15, 0.2) is 0 Å². The molecular weight excluding hydrogens is 413 g/mol. The summed E-state index contributed by atoms with van der Waals surface area (Å²) in [6.07, 6.45) is 1.62. The third-order valence-electron chi connectivity index (χ3n) is 5.27. The molecule has 0 unspecified atom stereocenters. The lowest BCUT2D eigenvalue weighted by atomic mass is 9.95. The van der Waals surface area contributed by atoms with Crippen molar-refractivity contribution in [1.29, 1.82) is 0 Å². The van der Waals surface area contributed by atoms with Crippen LogP contribution in [0.25, 0.3) is 5.76 Å². The van der Waals surface area contributed by atoms with Gasteiger partial charge in [-0.2, -0.15) is 0 Å². The van der Waals surface area contributed by atoms with Gasteiger partial charge in [-0.25, -0.2) is 0 Å². The minimum Gasteiger partial charge on any atom is -0.507 e. The molecular formula is C22H19Cl2NO4. The molecule has 4 rings (SSSR count). The van der Waals surface area contributed by atoms with Crippen LogP contribution in [0.15, 0.2) is 54.1 Å². The fourth-order valence-corrected chi connectivity index (χ4v) is 4.08. The maximum Gasteiger partial charge on any atom is 0.295 e. The van der Waals surface area contributed by atoms with Crippen molar-refractivity contribution in [2.24, 2.45) is 0 Å². The van der Waals surface area contributed by atoms with Gasteiger partial charge < -0.3 is 14.7 Å². The average Bonchev–Trinajstić information content (AvgIpc) is 3.31. The fraction of sp³-hybridized carbons (Fsp3) is 0.273. The van der Waals surface area contributed by atoms with E-state index >= 15 is 0 Å². The summed E-state index contributed by atoms with van der Waals surface area (Å²) in [5, 5.41) is 12.0. The number of rotatable bonds is 4. The van der Waals surface area contributed by atoms with Gasteiger partial charge in [-0.3, -0.25) is 9.59 Å². The third kappa shape index (κ3) is 3.90. The number of ketones is 1. The molecule has 0 aliphatic carbocycles. The number of amides is 1. The molecule has 7 heteroatoms. The number of likely N-dealkylation sites (tertiary alicyclic amines) is 1. The molecule has 29 heavy (non-hydrogen) atoms. The van der Waals surface area contributed by atoms with E-state index in [2.05, 4.69) is 0 Å². The summed E-state index contributed by atoms with van der Waals surface area (Å²) in [6, 6.07) is 12.7. The van der Waals surface area contributed by atoms with E-state index in [-0.39, 0.29) is 24.0 Å². The van der Waals surface area contributed by atoms with Crippen molar-refractivity contribution in [2.45, 2.75) is 25.0 Å². The normalized spacial score (nSPS) is 23.7. The van der Waals surface area contributed by atoms with E-state index in [0.29, 0.717) is 27.8 Å². The van der Waals surface area contributed by atoms with E-state index in [9.17, 15) is 14.7 Å². The number of hydrogen-bond donors (Lipinski definition) is 1. The van der Waals surface area contributed by atoms with Gasteiger partial charge in [-0.15, -0.1) is 0 Å². The molecule has 150 valence electrons. The summed E-state index contributed by atoms with van der Waals surface area (Å²) >= 11 is 11.9. The number of ether oxygens (including phenoxy) is 1. The van der Waals surface area contributed by atoms with E-state index in [1.165, 1.54) is 4.90 Å². The Bertz CT molecular complexity index is 963. The van der Waals surface area contributed by atoms with Crippen LogP contribution in [0, 0.1) is 0 Å². The van der Waals surface area contributed by atoms with Gasteiger partial charge in [0.2, 0.25) is 0 Å². The number of hydrogen-bond acceptors (Lipinski definition) is 4. The van der Waals surface area contributed by atoms with Gasteiger partial charge in [0.05, 0.1) is 17.7 Å². The second-order valence-corrected chi connectivity index (χ2v) is 8.02. The molecule has 1 N–H and O–H groups in total. The Balaban J connectivity index is 1.81. The highest BCUT2D eigenvalue weighted by Gasteiger charge is 2.47. The van der Waals surface area contributed by atoms with Gasteiger partial charge >= 0.3 is 0 Å². The molecule has 1 amide bonds. The summed E-state index contributed by atoms with van der Waals surface area (Å²) in [4.78, 5) is 27.3. The van der Waals surface area contributed by atoms with Gasteiger partial charge in [-0.05, 0) is 54.8 Å². The van der Waals surface area contributed by atoms with E-state index in [1.807, 2.05) is 0 Å². The molecule has 2 aliphatic rings. The molecule has 2 heterocycles. The number of halogens is 2. The van der Waals surface area contributed by atoms with Crippen molar-refractivity contribution < 1.29 is 19.4 Å². The molecule has 2 aliphatic heterocycles. The van der Waals surface area contributed by atoms with Crippen LogP contribution in [0.3, 0.4) is 0 Å². The zero-order chi connectivity index (χ0) is 20.5. The van der Waals surface area contributed by atoms with Crippen molar-refractivity contribution >= 4 is 40.7 Å². The van der Waals surface area contributed by atoms with E-state index in [1.54, 1.807) is 48.5 Å². The van der Waals surface area contributed by atoms with Crippen LogP contribution in [-0.4, -0.2) is 41.0 Å². The number of nitrogens with zero attached hydrogens (tertiary/aromatic N) is 1.